The number of esters is 2. The van der Waals surface area contributed by atoms with E-state index in [9.17, 15) is 19.2 Å². The number of ether oxygens (including phenoxy) is 2. The van der Waals surface area contributed by atoms with E-state index in [2.05, 4.69) is 10.6 Å². The third-order valence-corrected chi connectivity index (χ3v) is 5.20. The highest BCUT2D eigenvalue weighted by molar-refractivity contribution is 6.18. The van der Waals surface area contributed by atoms with Gasteiger partial charge in [-0.2, -0.15) is 0 Å². The fraction of sp³-hybridized carbons (Fsp3) is 0.565. The quantitative estimate of drug-likeness (QED) is 0.184. The molecule has 2 atom stereocenters. The highest BCUT2D eigenvalue weighted by Gasteiger charge is 2.27. The molecule has 0 aliphatic carbocycles. The van der Waals surface area contributed by atoms with E-state index in [1.807, 2.05) is 29.2 Å². The summed E-state index contributed by atoms with van der Waals surface area (Å²) in [5.41, 5.74) is 1.74. The summed E-state index contributed by atoms with van der Waals surface area (Å²) in [5.74, 6) is -0.785. The normalized spacial score (nSPS) is 12.2. The molecule has 190 valence electrons. The summed E-state index contributed by atoms with van der Waals surface area (Å²) in [6.07, 6.45) is 0.581. The molecule has 0 aromatic heterocycles. The van der Waals surface area contributed by atoms with Gasteiger partial charge in [0.15, 0.2) is 0 Å². The Morgan fingerprint density at radius 3 is 2.15 bits per heavy atom. The van der Waals surface area contributed by atoms with Crippen LogP contribution in [0.25, 0.3) is 0 Å². The lowest BCUT2D eigenvalue weighted by molar-refractivity contribution is -0.149. The molecule has 1 aromatic rings. The first-order chi connectivity index (χ1) is 16.4. The second-order valence-corrected chi connectivity index (χ2v) is 7.99. The molecule has 0 radical (unpaired) electrons. The van der Waals surface area contributed by atoms with Crippen LogP contribution in [0.3, 0.4) is 0 Å². The van der Waals surface area contributed by atoms with Gasteiger partial charge >= 0.3 is 11.9 Å². The Balaban J connectivity index is 2.89. The summed E-state index contributed by atoms with van der Waals surface area (Å²) < 4.78 is 9.89. The van der Waals surface area contributed by atoms with E-state index in [-0.39, 0.29) is 32.5 Å². The average Bonchev–Trinajstić information content (AvgIpc) is 2.82. The van der Waals surface area contributed by atoms with Crippen LogP contribution in [0, 0.1) is 0 Å². The molecule has 11 heteroatoms. The molecule has 0 aliphatic heterocycles. The number of amides is 2. The van der Waals surface area contributed by atoms with Crippen LogP contribution < -0.4 is 15.5 Å². The maximum absolute atomic E-state index is 12.9. The Bertz CT molecular complexity index is 772. The van der Waals surface area contributed by atoms with Gasteiger partial charge in [-0.3, -0.25) is 14.4 Å². The molecule has 0 spiro atoms. The molecule has 0 bridgehead atoms. The van der Waals surface area contributed by atoms with Crippen molar-refractivity contribution in [3.63, 3.8) is 0 Å². The van der Waals surface area contributed by atoms with E-state index >= 15 is 0 Å². The second-order valence-electron chi connectivity index (χ2n) is 7.23. The number of carbonyl (C=O) groups is 4. The van der Waals surface area contributed by atoms with Gasteiger partial charge in [0, 0.05) is 43.4 Å². The maximum atomic E-state index is 12.9. The Hall–Kier alpha value is -2.52. The van der Waals surface area contributed by atoms with Crippen molar-refractivity contribution in [2.75, 3.05) is 43.0 Å². The summed E-state index contributed by atoms with van der Waals surface area (Å²) in [5, 5.41) is 5.08. The molecule has 1 aromatic carbocycles. The topological polar surface area (TPSA) is 114 Å². The van der Waals surface area contributed by atoms with E-state index < -0.39 is 29.9 Å². The number of halogens is 2. The van der Waals surface area contributed by atoms with Crippen molar-refractivity contribution in [1.82, 2.24) is 10.6 Å². The highest BCUT2D eigenvalue weighted by Crippen LogP contribution is 2.17. The molecule has 0 unspecified atom stereocenters. The van der Waals surface area contributed by atoms with Gasteiger partial charge < -0.3 is 25.0 Å². The van der Waals surface area contributed by atoms with E-state index in [1.165, 1.54) is 0 Å². The minimum Gasteiger partial charge on any atom is -0.466 e. The number of nitrogens with zero attached hydrogens (tertiary/aromatic N) is 1. The van der Waals surface area contributed by atoms with Gasteiger partial charge in [-0.25, -0.2) is 4.79 Å². The third kappa shape index (κ3) is 10.6. The molecule has 9 nitrogen and oxygen atoms in total. The molecule has 34 heavy (non-hydrogen) atoms. The largest absolute Gasteiger partial charge is 0.466 e. The van der Waals surface area contributed by atoms with Gasteiger partial charge in [-0.15, -0.1) is 23.2 Å². The van der Waals surface area contributed by atoms with Crippen molar-refractivity contribution in [3.05, 3.63) is 29.8 Å². The van der Waals surface area contributed by atoms with E-state index in [0.29, 0.717) is 31.3 Å². The van der Waals surface area contributed by atoms with E-state index in [1.54, 1.807) is 13.8 Å². The molecule has 1 rings (SSSR count). The summed E-state index contributed by atoms with van der Waals surface area (Å²) in [4.78, 5) is 50.0. The molecular formula is C23H33Cl2N3O6. The molecule has 0 fully saturated rings. The van der Waals surface area contributed by atoms with Crippen molar-refractivity contribution in [2.45, 2.75) is 45.2 Å². The molecule has 2 N–H and O–H groups in total. The number of hydrogen-bond acceptors (Lipinski definition) is 7. The molecule has 0 heterocycles. The highest BCUT2D eigenvalue weighted by atomic mass is 35.5. The Kier molecular flexibility index (Phi) is 14.8. The summed E-state index contributed by atoms with van der Waals surface area (Å²) in [6.45, 7) is 4.95. The lowest BCUT2D eigenvalue weighted by atomic mass is 10.0. The first kappa shape index (κ1) is 29.5. The van der Waals surface area contributed by atoms with Gasteiger partial charge in [-0.1, -0.05) is 12.1 Å². The number of benzene rings is 1. The molecule has 2 amide bonds. The SMILES string of the molecule is CCOC(=O)CC[C@@H](NC(=O)[C@@H](Cc1ccc(N(CCCl)CCCl)cc1)NC=O)C(=O)OCC. The van der Waals surface area contributed by atoms with Gasteiger partial charge in [0.1, 0.15) is 12.1 Å². The van der Waals surface area contributed by atoms with Crippen LogP contribution in [-0.4, -0.2) is 74.4 Å². The minimum atomic E-state index is -1.05. The zero-order valence-electron chi connectivity index (χ0n) is 19.6. The summed E-state index contributed by atoms with van der Waals surface area (Å²) >= 11 is 11.7. The third-order valence-electron chi connectivity index (χ3n) is 4.87. The van der Waals surface area contributed by atoms with Crippen LogP contribution in [0.1, 0.15) is 32.3 Å². The fourth-order valence-electron chi connectivity index (χ4n) is 3.22. The first-order valence-electron chi connectivity index (χ1n) is 11.2. The smallest absolute Gasteiger partial charge is 0.328 e. The van der Waals surface area contributed by atoms with E-state index in [0.717, 1.165) is 11.3 Å². The van der Waals surface area contributed by atoms with Gasteiger partial charge in [-0.05, 0) is 38.0 Å². The first-order valence-corrected chi connectivity index (χ1v) is 12.2. The fourth-order valence-corrected chi connectivity index (χ4v) is 3.63. The number of rotatable bonds is 17. The van der Waals surface area contributed by atoms with Crippen molar-refractivity contribution in [1.29, 1.82) is 0 Å². The Morgan fingerprint density at radius 1 is 1.00 bits per heavy atom. The lowest BCUT2D eigenvalue weighted by Gasteiger charge is -2.24. The van der Waals surface area contributed by atoms with Crippen LogP contribution in [0.5, 0.6) is 0 Å². The van der Waals surface area contributed by atoms with E-state index in [4.69, 9.17) is 32.7 Å². The number of alkyl halides is 2. The van der Waals surface area contributed by atoms with Crippen LogP contribution in [0.15, 0.2) is 24.3 Å². The van der Waals surface area contributed by atoms with Crippen LogP contribution in [0.2, 0.25) is 0 Å². The predicted molar refractivity (Wildman–Crippen MR) is 131 cm³/mol. The zero-order valence-corrected chi connectivity index (χ0v) is 21.1. The predicted octanol–water partition coefficient (Wildman–Crippen LogP) is 2.02. The number of nitrogens with one attached hydrogen (secondary N) is 2. The number of hydrogen-bond donors (Lipinski definition) is 2. The summed E-state index contributed by atoms with van der Waals surface area (Å²) in [7, 11) is 0. The van der Waals surface area contributed by atoms with Crippen LogP contribution in [0.4, 0.5) is 5.69 Å². The monoisotopic (exact) mass is 517 g/mol. The van der Waals surface area contributed by atoms with Gasteiger partial charge in [0.05, 0.1) is 13.2 Å². The van der Waals surface area contributed by atoms with Crippen molar-refractivity contribution >= 4 is 53.1 Å². The zero-order chi connectivity index (χ0) is 25.3. The average molecular weight is 518 g/mol. The van der Waals surface area contributed by atoms with Crippen molar-refractivity contribution in [3.8, 4) is 0 Å². The molecular weight excluding hydrogens is 485 g/mol. The van der Waals surface area contributed by atoms with Crippen molar-refractivity contribution in [2.24, 2.45) is 0 Å². The summed E-state index contributed by atoms with van der Waals surface area (Å²) in [6, 6.07) is 5.51. The maximum Gasteiger partial charge on any atom is 0.328 e. The Labute approximate surface area is 210 Å². The van der Waals surface area contributed by atoms with Crippen LogP contribution in [-0.2, 0) is 35.1 Å². The molecule has 0 saturated carbocycles. The minimum absolute atomic E-state index is 0.0168. The number of anilines is 1. The van der Waals surface area contributed by atoms with Crippen LogP contribution >= 0.6 is 23.2 Å². The number of carbonyl (C=O) groups excluding carboxylic acids is 4. The van der Waals surface area contributed by atoms with Crippen molar-refractivity contribution < 1.29 is 28.7 Å². The Morgan fingerprint density at radius 2 is 1.62 bits per heavy atom. The molecule has 0 saturated heterocycles. The standard InChI is InChI=1S/C23H33Cl2N3O6/c1-3-33-21(30)10-9-19(23(32)34-4-2)27-22(31)20(26-16-29)15-17-5-7-18(8-6-17)28(13-11-24)14-12-25/h5-8,16,19-20H,3-4,9-15H2,1-2H3,(H,26,29)(H,27,31)/t19-,20-/m1/s1. The van der Waals surface area contributed by atoms with Gasteiger partial charge in [0.2, 0.25) is 12.3 Å². The van der Waals surface area contributed by atoms with Gasteiger partial charge in [0.25, 0.3) is 0 Å². The molecule has 0 aliphatic rings. The lowest BCUT2D eigenvalue weighted by Crippen LogP contribution is -2.51. The second kappa shape index (κ2) is 17.0.